The minimum atomic E-state index is -0.776. The molecule has 222 valence electrons. The third-order valence-corrected chi connectivity index (χ3v) is 6.95. The topological polar surface area (TPSA) is 97.8 Å². The van der Waals surface area contributed by atoms with Crippen molar-refractivity contribution in [2.75, 3.05) is 18.5 Å². The van der Waals surface area contributed by atoms with Crippen LogP contribution >= 0.6 is 0 Å². The number of nitrogens with one attached hydrogen (secondary N) is 1. The van der Waals surface area contributed by atoms with Crippen molar-refractivity contribution < 1.29 is 32.6 Å². The number of carbonyl (C=O) groups is 3. The number of morpholine rings is 1. The summed E-state index contributed by atoms with van der Waals surface area (Å²) in [6.45, 7) is 5.32. The molecule has 1 N–H and O–H groups in total. The first-order valence-corrected chi connectivity index (χ1v) is 13.8. The maximum absolute atomic E-state index is 15.0. The summed E-state index contributed by atoms with van der Waals surface area (Å²) in [5.74, 6) is -1.67. The lowest BCUT2D eigenvalue weighted by atomic mass is 9.88. The molecule has 8 nitrogen and oxygen atoms in total. The van der Waals surface area contributed by atoms with E-state index in [1.807, 2.05) is 30.3 Å². The molecule has 10 heteroatoms. The van der Waals surface area contributed by atoms with Gasteiger partial charge in [-0.05, 0) is 56.9 Å². The highest BCUT2D eigenvalue weighted by atomic mass is 19.1. The first kappa shape index (κ1) is 30.8. The lowest BCUT2D eigenvalue weighted by Crippen LogP contribution is -2.54. The van der Waals surface area contributed by atoms with Gasteiger partial charge in [-0.3, -0.25) is 14.7 Å². The smallest absolute Gasteiger partial charge is 0.411 e. The molecule has 2 heterocycles. The van der Waals surface area contributed by atoms with Gasteiger partial charge in [0.2, 0.25) is 5.91 Å². The van der Waals surface area contributed by atoms with Crippen LogP contribution in [0.4, 0.5) is 19.3 Å². The van der Waals surface area contributed by atoms with E-state index in [-0.39, 0.29) is 54.9 Å². The monoisotopic (exact) mass is 579 g/mol. The van der Waals surface area contributed by atoms with Gasteiger partial charge < -0.3 is 19.6 Å². The largest absolute Gasteiger partial charge is 0.444 e. The Kier molecular flexibility index (Phi) is 10.0. The molecule has 3 atom stereocenters. The number of aldehydes is 1. The highest BCUT2D eigenvalue weighted by Gasteiger charge is 2.35. The fraction of sp³-hybridized carbons (Fsp3) is 0.375. The Morgan fingerprint density at radius 2 is 1.79 bits per heavy atom. The fourth-order valence-electron chi connectivity index (χ4n) is 4.87. The Hall–Kier alpha value is -4.18. The van der Waals surface area contributed by atoms with Gasteiger partial charge in [0.1, 0.15) is 29.6 Å². The van der Waals surface area contributed by atoms with Crippen molar-refractivity contribution in [2.45, 2.75) is 63.7 Å². The van der Waals surface area contributed by atoms with E-state index in [4.69, 9.17) is 9.47 Å². The van der Waals surface area contributed by atoms with Crippen LogP contribution in [-0.2, 0) is 25.5 Å². The van der Waals surface area contributed by atoms with Crippen molar-refractivity contribution in [3.63, 3.8) is 0 Å². The van der Waals surface area contributed by atoms with Crippen LogP contribution in [0, 0.1) is 11.6 Å². The molecule has 42 heavy (non-hydrogen) atoms. The van der Waals surface area contributed by atoms with Crippen molar-refractivity contribution >= 4 is 24.0 Å². The first-order valence-electron chi connectivity index (χ1n) is 13.8. The standard InChI is InChI=1S/C32H35F2N3O5/c1-32(2,3)42-31(40)37-18-25(41-20-24(37)19-38)13-14-26-28(34)16-35-17-29(26)36-30(39)15-27(21-7-5-4-6-8-21)22-9-11-23(33)12-10-22/h4-12,16-17,19,24-25,27H,13-15,18,20H2,1-3H3,(H,36,39)/t24-,25-,27?/m1/s1. The Morgan fingerprint density at radius 3 is 2.45 bits per heavy atom. The number of hydrogen-bond donors (Lipinski definition) is 1. The molecule has 0 radical (unpaired) electrons. The number of benzene rings is 2. The molecular weight excluding hydrogens is 544 g/mol. The van der Waals surface area contributed by atoms with Crippen molar-refractivity contribution in [3.05, 3.63) is 95.3 Å². The quantitative estimate of drug-likeness (QED) is 0.329. The molecule has 0 spiro atoms. The van der Waals surface area contributed by atoms with E-state index >= 15 is 0 Å². The zero-order valence-electron chi connectivity index (χ0n) is 23.9. The molecule has 1 aliphatic rings. The third-order valence-electron chi connectivity index (χ3n) is 6.95. The number of halogens is 2. The van der Waals surface area contributed by atoms with Crippen LogP contribution in [0.1, 0.15) is 56.2 Å². The molecule has 1 aliphatic heterocycles. The number of hydrogen-bond acceptors (Lipinski definition) is 6. The van der Waals surface area contributed by atoms with E-state index in [0.717, 1.165) is 17.3 Å². The van der Waals surface area contributed by atoms with Crippen molar-refractivity contribution in [1.29, 1.82) is 0 Å². The normalized spacial score (nSPS) is 17.8. The highest BCUT2D eigenvalue weighted by molar-refractivity contribution is 5.92. The van der Waals surface area contributed by atoms with Gasteiger partial charge in [0.25, 0.3) is 0 Å². The van der Waals surface area contributed by atoms with Gasteiger partial charge in [-0.1, -0.05) is 42.5 Å². The van der Waals surface area contributed by atoms with Crippen LogP contribution < -0.4 is 5.32 Å². The number of aromatic nitrogens is 1. The maximum atomic E-state index is 15.0. The van der Waals surface area contributed by atoms with Gasteiger partial charge in [-0.25, -0.2) is 13.6 Å². The molecule has 0 bridgehead atoms. The van der Waals surface area contributed by atoms with Crippen LogP contribution in [0.2, 0.25) is 0 Å². The summed E-state index contributed by atoms with van der Waals surface area (Å²) in [5.41, 5.74) is 1.40. The molecule has 1 unspecified atom stereocenters. The molecule has 4 rings (SSSR count). The van der Waals surface area contributed by atoms with Gasteiger partial charge in [0, 0.05) is 17.9 Å². The predicted octanol–water partition coefficient (Wildman–Crippen LogP) is 5.66. The molecule has 3 aromatic rings. The Bertz CT molecular complexity index is 1380. The van der Waals surface area contributed by atoms with Gasteiger partial charge in [0.05, 0.1) is 37.3 Å². The minimum Gasteiger partial charge on any atom is -0.444 e. The Labute approximate surface area is 244 Å². The Balaban J connectivity index is 1.45. The summed E-state index contributed by atoms with van der Waals surface area (Å²) in [6.07, 6.45) is 2.55. The number of pyridine rings is 1. The highest BCUT2D eigenvalue weighted by Crippen LogP contribution is 2.30. The van der Waals surface area contributed by atoms with Gasteiger partial charge in [0.15, 0.2) is 0 Å². The van der Waals surface area contributed by atoms with Crippen molar-refractivity contribution in [3.8, 4) is 0 Å². The van der Waals surface area contributed by atoms with E-state index in [1.165, 1.54) is 23.2 Å². The average molecular weight is 580 g/mol. The number of amides is 2. The number of carbonyl (C=O) groups excluding carboxylic acids is 3. The van der Waals surface area contributed by atoms with E-state index in [1.54, 1.807) is 32.9 Å². The molecule has 2 aromatic carbocycles. The number of nitrogens with zero attached hydrogens (tertiary/aromatic N) is 2. The summed E-state index contributed by atoms with van der Waals surface area (Å²) < 4.78 is 39.8. The molecular formula is C32H35F2N3O5. The van der Waals surface area contributed by atoms with E-state index < -0.39 is 29.7 Å². The zero-order valence-corrected chi connectivity index (χ0v) is 23.9. The SMILES string of the molecule is CC(C)(C)OC(=O)N1C[C@@H](CCc2c(F)cncc2NC(=O)CC(c2ccccc2)c2ccc(F)cc2)OC[C@H]1C=O. The molecule has 0 aliphatic carbocycles. The number of ether oxygens (including phenoxy) is 2. The molecule has 0 saturated carbocycles. The van der Waals surface area contributed by atoms with Crippen molar-refractivity contribution in [2.24, 2.45) is 0 Å². The first-order chi connectivity index (χ1) is 20.0. The summed E-state index contributed by atoms with van der Waals surface area (Å²) in [5, 5.41) is 2.80. The van der Waals surface area contributed by atoms with Crippen LogP contribution in [0.25, 0.3) is 0 Å². The van der Waals surface area contributed by atoms with Crippen LogP contribution in [-0.4, -0.2) is 59.1 Å². The minimum absolute atomic E-state index is 0.0000892. The van der Waals surface area contributed by atoms with Crippen molar-refractivity contribution in [1.82, 2.24) is 9.88 Å². The predicted molar refractivity (Wildman–Crippen MR) is 153 cm³/mol. The van der Waals surface area contributed by atoms with Crippen LogP contribution in [0.5, 0.6) is 0 Å². The summed E-state index contributed by atoms with van der Waals surface area (Å²) in [7, 11) is 0. The van der Waals surface area contributed by atoms with Gasteiger partial charge in [-0.15, -0.1) is 0 Å². The van der Waals surface area contributed by atoms with Gasteiger partial charge in [-0.2, -0.15) is 0 Å². The van der Waals surface area contributed by atoms with Gasteiger partial charge >= 0.3 is 6.09 Å². The van der Waals surface area contributed by atoms with E-state index in [0.29, 0.717) is 12.7 Å². The number of rotatable bonds is 9. The van der Waals surface area contributed by atoms with E-state index in [2.05, 4.69) is 10.3 Å². The second kappa shape index (κ2) is 13.7. The fourth-order valence-corrected chi connectivity index (χ4v) is 4.87. The zero-order chi connectivity index (χ0) is 30.3. The summed E-state index contributed by atoms with van der Waals surface area (Å²) in [6, 6.07) is 14.6. The summed E-state index contributed by atoms with van der Waals surface area (Å²) >= 11 is 0. The Morgan fingerprint density at radius 1 is 1.10 bits per heavy atom. The molecule has 1 saturated heterocycles. The second-order valence-electron chi connectivity index (χ2n) is 11.2. The molecule has 1 aromatic heterocycles. The average Bonchev–Trinajstić information content (AvgIpc) is 2.95. The second-order valence-corrected chi connectivity index (χ2v) is 11.2. The lowest BCUT2D eigenvalue weighted by Gasteiger charge is -2.38. The van der Waals surface area contributed by atoms with Crippen LogP contribution in [0.3, 0.4) is 0 Å². The number of anilines is 1. The maximum Gasteiger partial charge on any atom is 0.411 e. The summed E-state index contributed by atoms with van der Waals surface area (Å²) in [4.78, 5) is 42.7. The molecule has 2 amide bonds. The lowest BCUT2D eigenvalue weighted by molar-refractivity contribution is -0.123. The van der Waals surface area contributed by atoms with E-state index in [9.17, 15) is 23.2 Å². The molecule has 1 fully saturated rings. The third kappa shape index (κ3) is 8.19. The van der Waals surface area contributed by atoms with Crippen LogP contribution in [0.15, 0.2) is 67.0 Å².